The summed E-state index contributed by atoms with van der Waals surface area (Å²) >= 11 is 0. The van der Waals surface area contributed by atoms with E-state index in [1.54, 1.807) is 0 Å². The maximum absolute atomic E-state index is 12.3. The number of hydrogen-bond acceptors (Lipinski definition) is 8. The zero-order valence-corrected chi connectivity index (χ0v) is 22.1. The fraction of sp³-hybridized carbons (Fsp3) is 0.517. The van der Waals surface area contributed by atoms with Crippen LogP contribution in [-0.4, -0.2) is 62.1 Å². The molecule has 2 unspecified atom stereocenters. The van der Waals surface area contributed by atoms with Gasteiger partial charge in [-0.3, -0.25) is 4.79 Å². The van der Waals surface area contributed by atoms with Gasteiger partial charge in [-0.25, -0.2) is 4.79 Å². The van der Waals surface area contributed by atoms with Crippen molar-refractivity contribution >= 4 is 11.9 Å². The minimum atomic E-state index is -0.885. The molecule has 2 aromatic carbocycles. The van der Waals surface area contributed by atoms with Gasteiger partial charge in [-0.05, 0) is 50.0 Å². The molecular weight excluding hydrogens is 474 g/mol. The second-order valence-corrected chi connectivity index (χ2v) is 9.67. The predicted molar refractivity (Wildman–Crippen MR) is 137 cm³/mol. The smallest absolute Gasteiger partial charge is 0.335 e. The Morgan fingerprint density at radius 3 is 2.59 bits per heavy atom. The number of methoxy groups -OCH3 is 1. The first-order valence-corrected chi connectivity index (χ1v) is 13.0. The van der Waals surface area contributed by atoms with Gasteiger partial charge >= 0.3 is 11.9 Å². The molecular formula is C29H37NO7. The average molecular weight is 512 g/mol. The van der Waals surface area contributed by atoms with Crippen molar-refractivity contribution in [2.75, 3.05) is 20.7 Å². The first-order valence-electron chi connectivity index (χ1n) is 13.0. The van der Waals surface area contributed by atoms with Gasteiger partial charge in [0.15, 0.2) is 17.6 Å². The van der Waals surface area contributed by atoms with Crippen LogP contribution < -0.4 is 9.47 Å². The molecule has 1 fully saturated rings. The third kappa shape index (κ3) is 6.81. The molecule has 8 heteroatoms. The second kappa shape index (κ2) is 12.4. The van der Waals surface area contributed by atoms with E-state index in [1.165, 1.54) is 19.6 Å². The molecule has 200 valence electrons. The number of hydrogen-bond donors (Lipinski definition) is 0. The van der Waals surface area contributed by atoms with Crippen molar-refractivity contribution < 1.29 is 33.3 Å². The Morgan fingerprint density at radius 2 is 1.89 bits per heavy atom. The fourth-order valence-corrected chi connectivity index (χ4v) is 5.06. The molecule has 0 N–H and O–H groups in total. The summed E-state index contributed by atoms with van der Waals surface area (Å²) in [6.45, 7) is 4.90. The van der Waals surface area contributed by atoms with Gasteiger partial charge in [0.2, 0.25) is 6.29 Å². The zero-order valence-electron chi connectivity index (χ0n) is 22.1. The van der Waals surface area contributed by atoms with Crippen LogP contribution in [0.5, 0.6) is 11.5 Å². The maximum atomic E-state index is 12.3. The molecule has 2 aromatic rings. The Labute approximate surface area is 218 Å². The normalized spacial score (nSPS) is 23.2. The summed E-state index contributed by atoms with van der Waals surface area (Å²) in [5, 5.41) is 0. The summed E-state index contributed by atoms with van der Waals surface area (Å²) in [5.41, 5.74) is 3.36. The van der Waals surface area contributed by atoms with E-state index < -0.39 is 30.4 Å². The average Bonchev–Trinajstić information content (AvgIpc) is 2.91. The minimum absolute atomic E-state index is 0.224. The number of rotatable bonds is 9. The largest absolute Gasteiger partial charge is 0.485 e. The van der Waals surface area contributed by atoms with E-state index in [9.17, 15) is 9.59 Å². The molecule has 0 radical (unpaired) electrons. The van der Waals surface area contributed by atoms with Crippen molar-refractivity contribution in [3.8, 4) is 11.5 Å². The summed E-state index contributed by atoms with van der Waals surface area (Å²) in [7, 11) is 3.46. The van der Waals surface area contributed by atoms with Crippen molar-refractivity contribution in [3.05, 3.63) is 59.2 Å². The highest BCUT2D eigenvalue weighted by molar-refractivity contribution is 5.75. The van der Waals surface area contributed by atoms with E-state index in [4.69, 9.17) is 23.7 Å². The Kier molecular flexibility index (Phi) is 9.05. The van der Waals surface area contributed by atoms with Crippen LogP contribution >= 0.6 is 0 Å². The Hall–Kier alpha value is -3.10. The maximum Gasteiger partial charge on any atom is 0.335 e. The number of carbonyl (C=O) groups is 2. The van der Waals surface area contributed by atoms with Crippen LogP contribution in [0.1, 0.15) is 49.8 Å². The summed E-state index contributed by atoms with van der Waals surface area (Å²) in [6.07, 6.45) is 1.08. The van der Waals surface area contributed by atoms with E-state index in [2.05, 4.69) is 24.9 Å². The Balaban J connectivity index is 1.62. The molecule has 37 heavy (non-hydrogen) atoms. The molecule has 8 nitrogen and oxygen atoms in total. The van der Waals surface area contributed by atoms with Crippen LogP contribution in [0, 0.1) is 0 Å². The van der Waals surface area contributed by atoms with Gasteiger partial charge in [0.25, 0.3) is 0 Å². The lowest BCUT2D eigenvalue weighted by atomic mass is 9.86. The number of carbonyl (C=O) groups excluding carboxylic acids is 2. The molecule has 0 aromatic heterocycles. The van der Waals surface area contributed by atoms with Crippen molar-refractivity contribution in [2.45, 2.75) is 77.1 Å². The zero-order chi connectivity index (χ0) is 26.4. The van der Waals surface area contributed by atoms with Gasteiger partial charge in [0.1, 0.15) is 12.7 Å². The topological polar surface area (TPSA) is 83.5 Å². The molecule has 4 rings (SSSR count). The summed E-state index contributed by atoms with van der Waals surface area (Å²) in [6, 6.07) is 14.5. The Morgan fingerprint density at radius 1 is 1.11 bits per heavy atom. The van der Waals surface area contributed by atoms with Gasteiger partial charge in [-0.2, -0.15) is 0 Å². The molecule has 0 saturated carbocycles. The van der Waals surface area contributed by atoms with Gasteiger partial charge in [-0.15, -0.1) is 0 Å². The molecule has 4 atom stereocenters. The van der Waals surface area contributed by atoms with Crippen molar-refractivity contribution in [3.63, 3.8) is 0 Å². The van der Waals surface area contributed by atoms with Gasteiger partial charge in [-0.1, -0.05) is 43.3 Å². The third-order valence-corrected chi connectivity index (χ3v) is 7.16. The van der Waals surface area contributed by atoms with E-state index in [1.807, 2.05) is 36.4 Å². The monoisotopic (exact) mass is 511 g/mol. The van der Waals surface area contributed by atoms with Crippen molar-refractivity contribution in [2.24, 2.45) is 0 Å². The van der Waals surface area contributed by atoms with Crippen LogP contribution in [-0.2, 0) is 43.2 Å². The SMILES string of the molecule is CCN(C)[C@H]1CCc2c(ccc(OCc3ccccc3)c2OC2CC(OC(C)=O)C[C@@H](C(=O)OC)O2)C1. The van der Waals surface area contributed by atoms with Crippen LogP contribution in [0.2, 0.25) is 0 Å². The number of benzene rings is 2. The lowest BCUT2D eigenvalue weighted by molar-refractivity contribution is -0.204. The molecule has 0 spiro atoms. The molecule has 0 bridgehead atoms. The lowest BCUT2D eigenvalue weighted by Crippen LogP contribution is -2.44. The first-order chi connectivity index (χ1) is 17.9. The van der Waals surface area contributed by atoms with Crippen LogP contribution in [0.25, 0.3) is 0 Å². The molecule has 1 heterocycles. The fourth-order valence-electron chi connectivity index (χ4n) is 5.06. The molecule has 1 aliphatic carbocycles. The van der Waals surface area contributed by atoms with Gasteiger partial charge in [0, 0.05) is 31.4 Å². The summed E-state index contributed by atoms with van der Waals surface area (Å²) in [4.78, 5) is 26.3. The van der Waals surface area contributed by atoms with Gasteiger partial charge < -0.3 is 28.6 Å². The van der Waals surface area contributed by atoms with E-state index in [0.717, 1.165) is 36.9 Å². The standard InChI is InChI=1S/C29H37NO7/c1-5-30(3)22-12-13-24-21(15-22)11-14-25(34-18-20-9-7-6-8-10-20)28(24)37-27-17-23(35-19(2)31)16-26(36-27)29(32)33-4/h6-11,14,22-23,26-27H,5,12-13,15-18H2,1-4H3/t22-,23?,26-,27?/m0/s1. The van der Waals surface area contributed by atoms with Crippen LogP contribution in [0.3, 0.4) is 0 Å². The van der Waals surface area contributed by atoms with Crippen LogP contribution in [0.15, 0.2) is 42.5 Å². The quantitative estimate of drug-likeness (QED) is 0.466. The van der Waals surface area contributed by atoms with E-state index >= 15 is 0 Å². The van der Waals surface area contributed by atoms with Crippen LogP contribution in [0.4, 0.5) is 0 Å². The minimum Gasteiger partial charge on any atom is -0.485 e. The molecule has 2 aliphatic rings. The van der Waals surface area contributed by atoms with E-state index in [0.29, 0.717) is 30.6 Å². The first kappa shape index (κ1) is 26.9. The molecule has 1 aliphatic heterocycles. The number of nitrogens with zero attached hydrogens (tertiary/aromatic N) is 1. The van der Waals surface area contributed by atoms with Crippen molar-refractivity contribution in [1.29, 1.82) is 0 Å². The molecule has 0 amide bonds. The number of fused-ring (bicyclic) bond motifs is 1. The van der Waals surface area contributed by atoms with E-state index in [-0.39, 0.29) is 6.42 Å². The predicted octanol–water partition coefficient (Wildman–Crippen LogP) is 4.06. The lowest BCUT2D eigenvalue weighted by Gasteiger charge is -2.36. The highest BCUT2D eigenvalue weighted by Crippen LogP contribution is 2.41. The molecule has 1 saturated heterocycles. The summed E-state index contributed by atoms with van der Waals surface area (Å²) < 4.78 is 29.0. The Bertz CT molecular complexity index is 1070. The van der Waals surface area contributed by atoms with Gasteiger partial charge in [0.05, 0.1) is 7.11 Å². The highest BCUT2D eigenvalue weighted by atomic mass is 16.7. The number of ether oxygens (including phenoxy) is 5. The number of likely N-dealkylation sites (N-methyl/N-ethyl adjacent to an activating group) is 1. The summed E-state index contributed by atoms with van der Waals surface area (Å²) in [5.74, 6) is 0.316. The highest BCUT2D eigenvalue weighted by Gasteiger charge is 2.38. The number of esters is 2. The second-order valence-electron chi connectivity index (χ2n) is 9.67. The third-order valence-electron chi connectivity index (χ3n) is 7.16. The van der Waals surface area contributed by atoms with Crippen molar-refractivity contribution in [1.82, 2.24) is 4.90 Å².